The molecule has 0 saturated heterocycles. The first-order chi connectivity index (χ1) is 12.3. The van der Waals surface area contributed by atoms with Gasteiger partial charge in [0.2, 0.25) is 5.91 Å². The summed E-state index contributed by atoms with van der Waals surface area (Å²) in [6.07, 6.45) is 5.20. The van der Waals surface area contributed by atoms with Crippen molar-refractivity contribution in [3.63, 3.8) is 0 Å². The number of nitrogens with two attached hydrogens (primary N) is 1. The maximum atomic E-state index is 12.3. The zero-order valence-corrected chi connectivity index (χ0v) is 14.7. The Morgan fingerprint density at radius 1 is 1.27 bits per heavy atom. The lowest BCUT2D eigenvalue weighted by Crippen LogP contribution is -2.38. The molecule has 2 amide bonds. The van der Waals surface area contributed by atoms with Crippen molar-refractivity contribution >= 4 is 27.7 Å². The molecule has 2 aliphatic rings. The number of sulfonamides is 1. The van der Waals surface area contributed by atoms with Gasteiger partial charge in [0.15, 0.2) is 0 Å². The summed E-state index contributed by atoms with van der Waals surface area (Å²) in [4.78, 5) is 25.1. The molecule has 0 atom stereocenters. The Labute approximate surface area is 151 Å². The van der Waals surface area contributed by atoms with Gasteiger partial charge in [0.05, 0.1) is 11.3 Å². The third kappa shape index (κ3) is 4.17. The molecule has 136 valence electrons. The molecule has 0 saturated carbocycles. The molecule has 0 aromatic heterocycles. The van der Waals surface area contributed by atoms with E-state index in [2.05, 4.69) is 9.71 Å². The standard InChI is InChI=1S/C17H18N4O4S/c18-16(22)13-3-1-2-12(10-13)6-7-19-17(23)14-4-5-15-20-26(24,25)9-8-21(15)11-14/h1-5,10-11H,6-9H2,(H2,18,22)(H,19,23). The highest BCUT2D eigenvalue weighted by Crippen LogP contribution is 2.15. The molecule has 2 aliphatic heterocycles. The van der Waals surface area contributed by atoms with Crippen LogP contribution in [0.5, 0.6) is 0 Å². The van der Waals surface area contributed by atoms with Crippen LogP contribution in [0.3, 0.4) is 0 Å². The Bertz CT molecular complexity index is 947. The van der Waals surface area contributed by atoms with Crippen molar-refractivity contribution in [1.29, 1.82) is 0 Å². The topological polar surface area (TPSA) is 122 Å². The zero-order chi connectivity index (χ0) is 18.7. The van der Waals surface area contributed by atoms with E-state index in [0.717, 1.165) is 5.56 Å². The summed E-state index contributed by atoms with van der Waals surface area (Å²) in [6, 6.07) is 6.94. The maximum Gasteiger partial charge on any atom is 0.256 e. The van der Waals surface area contributed by atoms with E-state index in [4.69, 9.17) is 5.73 Å². The number of primary amides is 1. The largest absolute Gasteiger partial charge is 0.366 e. The van der Waals surface area contributed by atoms with Gasteiger partial charge in [-0.1, -0.05) is 12.1 Å². The summed E-state index contributed by atoms with van der Waals surface area (Å²) >= 11 is 0. The number of carbonyl (C=O) groups excluding carboxylic acids is 2. The Kier molecular flexibility index (Phi) is 4.90. The first kappa shape index (κ1) is 17.9. The smallest absolute Gasteiger partial charge is 0.256 e. The molecule has 2 heterocycles. The van der Waals surface area contributed by atoms with Crippen molar-refractivity contribution in [1.82, 2.24) is 10.2 Å². The van der Waals surface area contributed by atoms with E-state index >= 15 is 0 Å². The highest BCUT2D eigenvalue weighted by atomic mass is 32.2. The number of benzene rings is 1. The number of nitrogens with zero attached hydrogens (tertiary/aromatic N) is 2. The monoisotopic (exact) mass is 374 g/mol. The summed E-state index contributed by atoms with van der Waals surface area (Å²) in [7, 11) is -3.41. The predicted octanol–water partition coefficient (Wildman–Crippen LogP) is -0.0582. The molecule has 1 aromatic rings. The molecule has 0 radical (unpaired) electrons. The van der Waals surface area contributed by atoms with Gasteiger partial charge in [0.25, 0.3) is 15.9 Å². The molecule has 0 unspecified atom stereocenters. The fourth-order valence-electron chi connectivity index (χ4n) is 2.64. The molecule has 3 N–H and O–H groups in total. The van der Waals surface area contributed by atoms with Crippen LogP contribution in [0, 0.1) is 0 Å². The third-order valence-corrected chi connectivity index (χ3v) is 5.16. The molecule has 8 nitrogen and oxygen atoms in total. The van der Waals surface area contributed by atoms with Crippen molar-refractivity contribution in [3.05, 3.63) is 59.3 Å². The molecule has 9 heteroatoms. The average molecular weight is 374 g/mol. The second kappa shape index (κ2) is 7.12. The molecular formula is C17H18N4O4S. The lowest BCUT2D eigenvalue weighted by atomic mass is 10.1. The first-order valence-electron chi connectivity index (χ1n) is 8.00. The van der Waals surface area contributed by atoms with Crippen LogP contribution in [-0.2, 0) is 21.2 Å². The Hall–Kier alpha value is -2.94. The first-order valence-corrected chi connectivity index (χ1v) is 9.61. The van der Waals surface area contributed by atoms with Gasteiger partial charge in [-0.3, -0.25) is 9.59 Å². The number of fused-ring (bicyclic) bond motifs is 1. The number of rotatable bonds is 5. The second-order valence-corrected chi connectivity index (χ2v) is 7.67. The lowest BCUT2D eigenvalue weighted by Gasteiger charge is -2.26. The molecule has 0 fully saturated rings. The van der Waals surface area contributed by atoms with Gasteiger partial charge < -0.3 is 16.0 Å². The Morgan fingerprint density at radius 3 is 2.85 bits per heavy atom. The van der Waals surface area contributed by atoms with Crippen LogP contribution in [0.1, 0.15) is 15.9 Å². The lowest BCUT2D eigenvalue weighted by molar-refractivity contribution is -0.117. The minimum Gasteiger partial charge on any atom is -0.366 e. The highest BCUT2D eigenvalue weighted by molar-refractivity contribution is 7.90. The minimum atomic E-state index is -3.41. The fourth-order valence-corrected chi connectivity index (χ4v) is 3.61. The van der Waals surface area contributed by atoms with Crippen LogP contribution in [0.25, 0.3) is 0 Å². The fraction of sp³-hybridized carbons (Fsp3) is 0.235. The van der Waals surface area contributed by atoms with Crippen molar-refractivity contribution < 1.29 is 18.0 Å². The number of hydrogen-bond donors (Lipinski definition) is 2. The van der Waals surface area contributed by atoms with Crippen LogP contribution >= 0.6 is 0 Å². The van der Waals surface area contributed by atoms with Crippen LogP contribution in [-0.4, -0.2) is 49.8 Å². The highest BCUT2D eigenvalue weighted by Gasteiger charge is 2.24. The van der Waals surface area contributed by atoms with Gasteiger partial charge in [0.1, 0.15) is 5.84 Å². The van der Waals surface area contributed by atoms with Crippen LogP contribution in [0.15, 0.2) is 52.6 Å². The van der Waals surface area contributed by atoms with Crippen molar-refractivity contribution in [3.8, 4) is 0 Å². The van der Waals surface area contributed by atoms with Gasteiger partial charge in [-0.15, -0.1) is 4.40 Å². The van der Waals surface area contributed by atoms with Gasteiger partial charge in [-0.25, -0.2) is 8.42 Å². The summed E-state index contributed by atoms with van der Waals surface area (Å²) in [5.41, 5.74) is 7.00. The van der Waals surface area contributed by atoms with E-state index in [1.165, 1.54) is 6.08 Å². The summed E-state index contributed by atoms with van der Waals surface area (Å²) in [5, 5.41) is 2.80. The normalized spacial score (nSPS) is 17.8. The van der Waals surface area contributed by atoms with E-state index in [1.807, 2.05) is 6.07 Å². The molecule has 3 rings (SSSR count). The molecule has 0 bridgehead atoms. The van der Waals surface area contributed by atoms with Crippen molar-refractivity contribution in [2.24, 2.45) is 10.1 Å². The average Bonchev–Trinajstić information content (AvgIpc) is 2.60. The second-order valence-electron chi connectivity index (χ2n) is 5.92. The van der Waals surface area contributed by atoms with Crippen molar-refractivity contribution in [2.45, 2.75) is 6.42 Å². The number of amides is 2. The van der Waals surface area contributed by atoms with E-state index in [9.17, 15) is 18.0 Å². The zero-order valence-electron chi connectivity index (χ0n) is 13.9. The molecule has 0 aliphatic carbocycles. The quantitative estimate of drug-likeness (QED) is 0.748. The number of nitrogens with one attached hydrogen (secondary N) is 1. The molecule has 1 aromatic carbocycles. The van der Waals surface area contributed by atoms with E-state index in [1.54, 1.807) is 35.4 Å². The van der Waals surface area contributed by atoms with Crippen LogP contribution in [0.2, 0.25) is 0 Å². The van der Waals surface area contributed by atoms with Crippen LogP contribution in [0.4, 0.5) is 0 Å². The molecule has 0 spiro atoms. The van der Waals surface area contributed by atoms with E-state index < -0.39 is 15.9 Å². The summed E-state index contributed by atoms with van der Waals surface area (Å²) < 4.78 is 26.6. The minimum absolute atomic E-state index is 0.0774. The number of amidine groups is 1. The Morgan fingerprint density at radius 2 is 2.08 bits per heavy atom. The maximum absolute atomic E-state index is 12.3. The Balaban J connectivity index is 1.58. The van der Waals surface area contributed by atoms with Gasteiger partial charge in [0, 0.05) is 24.9 Å². The number of carbonyl (C=O) groups is 2. The predicted molar refractivity (Wildman–Crippen MR) is 96.8 cm³/mol. The van der Waals surface area contributed by atoms with Gasteiger partial charge in [-0.2, -0.15) is 0 Å². The summed E-state index contributed by atoms with van der Waals surface area (Å²) in [5.74, 6) is -0.517. The number of hydrogen-bond acceptors (Lipinski definition) is 5. The third-order valence-electron chi connectivity index (χ3n) is 4.00. The van der Waals surface area contributed by atoms with E-state index in [-0.39, 0.29) is 18.2 Å². The SMILES string of the molecule is NC(=O)c1cccc(CCNC(=O)C2=CN3CCS(=O)(=O)N=C3C=C2)c1. The summed E-state index contributed by atoms with van der Waals surface area (Å²) in [6.45, 7) is 0.656. The van der Waals surface area contributed by atoms with Gasteiger partial charge >= 0.3 is 0 Å². The van der Waals surface area contributed by atoms with Crippen LogP contribution < -0.4 is 11.1 Å². The van der Waals surface area contributed by atoms with Gasteiger partial charge in [-0.05, 0) is 36.3 Å². The van der Waals surface area contributed by atoms with Crippen molar-refractivity contribution in [2.75, 3.05) is 18.8 Å². The van der Waals surface area contributed by atoms with E-state index in [0.29, 0.717) is 29.9 Å². The molecular weight excluding hydrogens is 356 g/mol. The molecule has 26 heavy (non-hydrogen) atoms.